The van der Waals surface area contributed by atoms with E-state index in [0.29, 0.717) is 22.0 Å². The fourth-order valence-corrected chi connectivity index (χ4v) is 3.76. The first-order valence-corrected chi connectivity index (χ1v) is 8.46. The minimum atomic E-state index is -0.652. The number of hydrogen-bond acceptors (Lipinski definition) is 4. The lowest BCUT2D eigenvalue weighted by atomic mass is 10.1. The second-order valence-corrected chi connectivity index (χ2v) is 6.87. The molecule has 0 aliphatic carbocycles. The van der Waals surface area contributed by atoms with E-state index in [4.69, 9.17) is 9.15 Å². The Kier molecular flexibility index (Phi) is 4.65. The van der Waals surface area contributed by atoms with Crippen LogP contribution < -0.4 is 10.9 Å². The first-order chi connectivity index (χ1) is 10.5. The molecule has 1 aromatic carbocycles. The van der Waals surface area contributed by atoms with Gasteiger partial charge in [-0.3, -0.25) is 4.79 Å². The molecule has 1 saturated heterocycles. The van der Waals surface area contributed by atoms with Gasteiger partial charge in [-0.1, -0.05) is 15.9 Å². The third-order valence-corrected chi connectivity index (χ3v) is 4.56. The minimum absolute atomic E-state index is 0.00417. The van der Waals surface area contributed by atoms with Crippen molar-refractivity contribution in [3.63, 3.8) is 0 Å². The van der Waals surface area contributed by atoms with Crippen LogP contribution in [0.25, 0.3) is 11.0 Å². The van der Waals surface area contributed by atoms with Crippen molar-refractivity contribution >= 4 is 48.7 Å². The van der Waals surface area contributed by atoms with Crippen LogP contribution in [-0.2, 0) is 4.74 Å². The number of fused-ring (bicyclic) bond motifs is 1. The van der Waals surface area contributed by atoms with Crippen LogP contribution in [0.4, 0.5) is 0 Å². The Morgan fingerprint density at radius 1 is 1.32 bits per heavy atom. The van der Waals surface area contributed by atoms with Crippen LogP contribution in [0.15, 0.2) is 36.4 Å². The maximum atomic E-state index is 12.2. The minimum Gasteiger partial charge on any atom is -0.421 e. The van der Waals surface area contributed by atoms with Crippen molar-refractivity contribution in [2.45, 2.75) is 18.9 Å². The quantitative estimate of drug-likeness (QED) is 0.759. The highest BCUT2D eigenvalue weighted by molar-refractivity contribution is 9.11. The molecule has 1 amide bonds. The summed E-state index contributed by atoms with van der Waals surface area (Å²) < 4.78 is 12.2. The van der Waals surface area contributed by atoms with E-state index in [0.717, 1.165) is 23.9 Å². The van der Waals surface area contributed by atoms with E-state index in [9.17, 15) is 9.59 Å². The van der Waals surface area contributed by atoms with Gasteiger partial charge in [-0.05, 0) is 47.0 Å². The summed E-state index contributed by atoms with van der Waals surface area (Å²) in [6.07, 6.45) is 1.95. The predicted molar refractivity (Wildman–Crippen MR) is 89.2 cm³/mol. The van der Waals surface area contributed by atoms with Gasteiger partial charge in [0.25, 0.3) is 5.91 Å². The highest BCUT2D eigenvalue weighted by Crippen LogP contribution is 2.28. The Bertz CT molecular complexity index is 781. The topological polar surface area (TPSA) is 68.5 Å². The van der Waals surface area contributed by atoms with Crippen molar-refractivity contribution in [3.8, 4) is 0 Å². The first kappa shape index (κ1) is 15.7. The summed E-state index contributed by atoms with van der Waals surface area (Å²) in [6, 6.07) is 5.11. The molecule has 2 aromatic rings. The second-order valence-electron chi connectivity index (χ2n) is 5.10. The van der Waals surface area contributed by atoms with Gasteiger partial charge in [0.05, 0.1) is 10.6 Å². The molecule has 1 aliphatic heterocycles. The molecular formula is C15H13Br2NO4. The number of benzene rings is 1. The van der Waals surface area contributed by atoms with Crippen molar-refractivity contribution in [3.05, 3.63) is 43.1 Å². The van der Waals surface area contributed by atoms with Crippen LogP contribution in [0.3, 0.4) is 0 Å². The lowest BCUT2D eigenvalue weighted by Crippen LogP contribution is -2.34. The molecule has 5 nitrogen and oxygen atoms in total. The van der Waals surface area contributed by atoms with Gasteiger partial charge in [0, 0.05) is 23.0 Å². The largest absolute Gasteiger partial charge is 0.421 e. The number of nitrogens with one attached hydrogen (secondary N) is 1. The molecule has 0 spiro atoms. The van der Waals surface area contributed by atoms with Crippen LogP contribution in [0.1, 0.15) is 23.2 Å². The number of hydrogen-bond donors (Lipinski definition) is 1. The van der Waals surface area contributed by atoms with E-state index < -0.39 is 11.5 Å². The standard InChI is InChI=1S/C15H13Br2NO4/c16-9-4-8-5-11(15(20)22-13(8)12(17)6-9)14(19)18-7-10-2-1-3-21-10/h4-6,10H,1-3,7H2,(H,18,19). The number of carbonyl (C=O) groups excluding carboxylic acids is 1. The van der Waals surface area contributed by atoms with Crippen molar-refractivity contribution in [1.29, 1.82) is 0 Å². The van der Waals surface area contributed by atoms with Gasteiger partial charge in [0.1, 0.15) is 5.56 Å². The zero-order valence-electron chi connectivity index (χ0n) is 11.5. The van der Waals surface area contributed by atoms with Gasteiger partial charge in [0.15, 0.2) is 5.58 Å². The maximum Gasteiger partial charge on any atom is 0.349 e. The Morgan fingerprint density at radius 3 is 2.86 bits per heavy atom. The average molecular weight is 431 g/mol. The third-order valence-electron chi connectivity index (χ3n) is 3.51. The van der Waals surface area contributed by atoms with E-state index in [1.807, 2.05) is 0 Å². The highest BCUT2D eigenvalue weighted by atomic mass is 79.9. The van der Waals surface area contributed by atoms with Gasteiger partial charge >= 0.3 is 5.63 Å². The molecular weight excluding hydrogens is 418 g/mol. The predicted octanol–water partition coefficient (Wildman–Crippen LogP) is 3.23. The summed E-state index contributed by atoms with van der Waals surface area (Å²) in [7, 11) is 0. The second kappa shape index (κ2) is 6.52. The smallest absolute Gasteiger partial charge is 0.349 e. The van der Waals surface area contributed by atoms with Crippen molar-refractivity contribution < 1.29 is 13.9 Å². The Labute approximate surface area is 143 Å². The number of ether oxygens (including phenoxy) is 1. The number of amides is 1. The summed E-state index contributed by atoms with van der Waals surface area (Å²) in [4.78, 5) is 24.2. The molecule has 1 aliphatic rings. The molecule has 3 rings (SSSR count). The molecule has 1 atom stereocenters. The van der Waals surface area contributed by atoms with Gasteiger partial charge in [-0.2, -0.15) is 0 Å². The van der Waals surface area contributed by atoms with Crippen LogP contribution >= 0.6 is 31.9 Å². The normalized spacial score (nSPS) is 17.8. The van der Waals surface area contributed by atoms with Crippen LogP contribution in [-0.4, -0.2) is 25.2 Å². The number of halogens is 2. The van der Waals surface area contributed by atoms with E-state index in [-0.39, 0.29) is 11.7 Å². The summed E-state index contributed by atoms with van der Waals surface area (Å²) in [5, 5.41) is 3.40. The molecule has 1 N–H and O–H groups in total. The van der Waals surface area contributed by atoms with Gasteiger partial charge in [-0.25, -0.2) is 4.79 Å². The summed E-state index contributed by atoms with van der Waals surface area (Å²) in [6.45, 7) is 1.12. The monoisotopic (exact) mass is 429 g/mol. The maximum absolute atomic E-state index is 12.2. The molecule has 7 heteroatoms. The summed E-state index contributed by atoms with van der Waals surface area (Å²) >= 11 is 6.71. The fourth-order valence-electron chi connectivity index (χ4n) is 2.42. The van der Waals surface area contributed by atoms with E-state index in [1.54, 1.807) is 18.2 Å². The van der Waals surface area contributed by atoms with Crippen molar-refractivity contribution in [2.24, 2.45) is 0 Å². The van der Waals surface area contributed by atoms with Crippen LogP contribution in [0.5, 0.6) is 0 Å². The molecule has 1 fully saturated rings. The van der Waals surface area contributed by atoms with Crippen molar-refractivity contribution in [1.82, 2.24) is 5.32 Å². The Balaban J connectivity index is 1.87. The zero-order valence-corrected chi connectivity index (χ0v) is 14.7. The van der Waals surface area contributed by atoms with E-state index in [1.165, 1.54) is 0 Å². The molecule has 22 heavy (non-hydrogen) atoms. The molecule has 1 unspecified atom stereocenters. The molecule has 0 radical (unpaired) electrons. The average Bonchev–Trinajstić information content (AvgIpc) is 2.98. The van der Waals surface area contributed by atoms with E-state index in [2.05, 4.69) is 37.2 Å². The van der Waals surface area contributed by atoms with Crippen molar-refractivity contribution in [2.75, 3.05) is 13.2 Å². The Morgan fingerprint density at radius 2 is 2.14 bits per heavy atom. The van der Waals surface area contributed by atoms with Gasteiger partial charge in [-0.15, -0.1) is 0 Å². The fraction of sp³-hybridized carbons (Fsp3) is 0.333. The lowest BCUT2D eigenvalue weighted by molar-refractivity contribution is 0.0855. The Hall–Kier alpha value is -1.18. The molecule has 1 aromatic heterocycles. The van der Waals surface area contributed by atoms with Gasteiger partial charge in [0.2, 0.25) is 0 Å². The zero-order chi connectivity index (χ0) is 15.7. The third kappa shape index (κ3) is 3.26. The molecule has 116 valence electrons. The number of rotatable bonds is 3. The van der Waals surface area contributed by atoms with Crippen LogP contribution in [0.2, 0.25) is 0 Å². The SMILES string of the molecule is O=C(NCC1CCCO1)c1cc2cc(Br)cc(Br)c2oc1=O. The molecule has 0 saturated carbocycles. The molecule has 0 bridgehead atoms. The molecule has 2 heterocycles. The first-order valence-electron chi connectivity index (χ1n) is 6.87. The van der Waals surface area contributed by atoms with Gasteiger partial charge < -0.3 is 14.5 Å². The lowest BCUT2D eigenvalue weighted by Gasteiger charge is -2.10. The van der Waals surface area contributed by atoms with Crippen LogP contribution in [0, 0.1) is 0 Å². The van der Waals surface area contributed by atoms with E-state index >= 15 is 0 Å². The summed E-state index contributed by atoms with van der Waals surface area (Å²) in [5.74, 6) is -0.442. The highest BCUT2D eigenvalue weighted by Gasteiger charge is 2.19. The number of carbonyl (C=O) groups is 1. The summed E-state index contributed by atoms with van der Waals surface area (Å²) in [5.41, 5.74) is -0.236.